The Hall–Kier alpha value is -1.74. The van der Waals surface area contributed by atoms with Gasteiger partial charge in [0.1, 0.15) is 0 Å². The molecule has 1 spiro atoms. The molecule has 1 fully saturated rings. The van der Waals surface area contributed by atoms with Crippen molar-refractivity contribution in [2.24, 2.45) is 0 Å². The van der Waals surface area contributed by atoms with Crippen LogP contribution in [0.5, 0.6) is 0 Å². The summed E-state index contributed by atoms with van der Waals surface area (Å²) in [6.07, 6.45) is 7.02. The molecule has 1 saturated carbocycles. The number of rotatable bonds is 1. The number of furan rings is 1. The van der Waals surface area contributed by atoms with Gasteiger partial charge in [-0.05, 0) is 44.4 Å². The fourth-order valence-corrected chi connectivity index (χ4v) is 6.37. The van der Waals surface area contributed by atoms with Gasteiger partial charge in [-0.3, -0.25) is 0 Å². The summed E-state index contributed by atoms with van der Waals surface area (Å²) < 4.78 is 5.73. The number of nitrogens with zero attached hydrogens (tertiary/aromatic N) is 1. The van der Waals surface area contributed by atoms with Crippen molar-refractivity contribution in [1.29, 1.82) is 0 Å². The van der Waals surface area contributed by atoms with Crippen molar-refractivity contribution < 1.29 is 4.42 Å². The van der Waals surface area contributed by atoms with Gasteiger partial charge in [0, 0.05) is 21.5 Å². The lowest BCUT2D eigenvalue weighted by atomic mass is 9.94. The van der Waals surface area contributed by atoms with E-state index in [0.29, 0.717) is 6.04 Å². The van der Waals surface area contributed by atoms with E-state index in [-0.39, 0.29) is 5.54 Å². The average Bonchev–Trinajstić information content (AvgIpc) is 3.26. The molecule has 0 N–H and O–H groups in total. The third-order valence-electron chi connectivity index (χ3n) is 5.85. The van der Waals surface area contributed by atoms with E-state index in [1.54, 1.807) is 4.88 Å². The van der Waals surface area contributed by atoms with E-state index in [9.17, 15) is 0 Å². The van der Waals surface area contributed by atoms with Crippen LogP contribution in [0.1, 0.15) is 54.7 Å². The van der Waals surface area contributed by atoms with Crippen LogP contribution in [0.25, 0.3) is 10.3 Å². The smallest absolute Gasteiger partial charge is 0.188 e. The first-order chi connectivity index (χ1) is 11.2. The van der Waals surface area contributed by atoms with Crippen molar-refractivity contribution in [2.75, 3.05) is 4.90 Å². The number of thiophene rings is 1. The maximum Gasteiger partial charge on any atom is 0.188 e. The van der Waals surface area contributed by atoms with Gasteiger partial charge in [0.05, 0.1) is 17.8 Å². The summed E-state index contributed by atoms with van der Waals surface area (Å²) >= 11 is 1.89. The van der Waals surface area contributed by atoms with Crippen molar-refractivity contribution >= 4 is 27.3 Å². The monoisotopic (exact) mass is 323 g/mol. The van der Waals surface area contributed by atoms with E-state index in [1.165, 1.54) is 47.9 Å². The van der Waals surface area contributed by atoms with E-state index >= 15 is 0 Å². The van der Waals surface area contributed by atoms with Crippen LogP contribution in [-0.2, 0) is 5.54 Å². The van der Waals surface area contributed by atoms with Crippen molar-refractivity contribution in [1.82, 2.24) is 0 Å². The summed E-state index contributed by atoms with van der Waals surface area (Å²) in [5, 5.41) is 1.33. The number of fused-ring (bicyclic) bond motifs is 4. The Morgan fingerprint density at radius 1 is 1.17 bits per heavy atom. The normalized spacial score (nSPS) is 22.3. The molecule has 2 nitrogen and oxygen atoms in total. The fraction of sp³-hybridized carbons (Fsp3) is 0.400. The predicted octanol–water partition coefficient (Wildman–Crippen LogP) is 6.15. The first-order valence-corrected chi connectivity index (χ1v) is 9.39. The summed E-state index contributed by atoms with van der Waals surface area (Å²) in [6, 6.07) is 11.4. The van der Waals surface area contributed by atoms with Crippen molar-refractivity contribution in [3.8, 4) is 0 Å². The van der Waals surface area contributed by atoms with Crippen LogP contribution in [0, 0.1) is 6.92 Å². The maximum atomic E-state index is 5.73. The Morgan fingerprint density at radius 2 is 1.96 bits per heavy atom. The van der Waals surface area contributed by atoms with E-state index in [4.69, 9.17) is 4.42 Å². The third kappa shape index (κ3) is 1.64. The quantitative estimate of drug-likeness (QED) is 0.534. The van der Waals surface area contributed by atoms with Gasteiger partial charge < -0.3 is 9.32 Å². The van der Waals surface area contributed by atoms with Crippen LogP contribution in [0.2, 0.25) is 0 Å². The molecule has 5 rings (SSSR count). The van der Waals surface area contributed by atoms with Gasteiger partial charge in [-0.15, -0.1) is 11.3 Å². The zero-order valence-electron chi connectivity index (χ0n) is 13.6. The van der Waals surface area contributed by atoms with Gasteiger partial charge >= 0.3 is 0 Å². The summed E-state index contributed by atoms with van der Waals surface area (Å²) in [4.78, 5) is 5.40. The zero-order chi connectivity index (χ0) is 15.6. The molecule has 3 heteroatoms. The molecule has 118 valence electrons. The van der Waals surface area contributed by atoms with Gasteiger partial charge in [0.2, 0.25) is 0 Å². The SMILES string of the molecule is Cc1ccccc1N1C(C)c2c(sc3occc23)C12CCCC2. The second kappa shape index (κ2) is 4.64. The molecule has 2 aliphatic rings. The number of hydrogen-bond acceptors (Lipinski definition) is 3. The first-order valence-electron chi connectivity index (χ1n) is 8.58. The standard InChI is InChI=1S/C20H21NOS/c1-13-7-3-4-8-16(13)21-14(2)17-15-9-12-22-19(15)23-18(17)20(21)10-5-6-11-20/h3-4,7-9,12,14H,5-6,10-11H2,1-2H3. The van der Waals surface area contributed by atoms with Crippen LogP contribution < -0.4 is 4.90 Å². The highest BCUT2D eigenvalue weighted by Crippen LogP contribution is 2.60. The third-order valence-corrected chi connectivity index (χ3v) is 7.16. The predicted molar refractivity (Wildman–Crippen MR) is 96.3 cm³/mol. The van der Waals surface area contributed by atoms with Gasteiger partial charge in [0.25, 0.3) is 0 Å². The number of anilines is 1. The minimum Gasteiger partial charge on any atom is -0.454 e. The van der Waals surface area contributed by atoms with Crippen LogP contribution in [0.4, 0.5) is 5.69 Å². The summed E-state index contributed by atoms with van der Waals surface area (Å²) in [5.74, 6) is 0. The Labute approximate surface area is 140 Å². The van der Waals surface area contributed by atoms with Gasteiger partial charge in [-0.1, -0.05) is 31.0 Å². The van der Waals surface area contributed by atoms with E-state index in [0.717, 1.165) is 4.90 Å². The number of hydrogen-bond donors (Lipinski definition) is 0. The van der Waals surface area contributed by atoms with Gasteiger partial charge in [-0.25, -0.2) is 0 Å². The molecule has 0 amide bonds. The Balaban J connectivity index is 1.78. The lowest BCUT2D eigenvalue weighted by Crippen LogP contribution is -2.40. The Kier molecular flexibility index (Phi) is 2.76. The van der Waals surface area contributed by atoms with Crippen LogP contribution in [0.3, 0.4) is 0 Å². The zero-order valence-corrected chi connectivity index (χ0v) is 14.5. The Morgan fingerprint density at radius 3 is 2.74 bits per heavy atom. The molecule has 1 atom stereocenters. The minimum atomic E-state index is 0.188. The topological polar surface area (TPSA) is 16.4 Å². The molecule has 0 radical (unpaired) electrons. The molecule has 1 aliphatic carbocycles. The van der Waals surface area contributed by atoms with Crippen LogP contribution >= 0.6 is 11.3 Å². The van der Waals surface area contributed by atoms with Crippen molar-refractivity contribution in [2.45, 2.75) is 51.1 Å². The van der Waals surface area contributed by atoms with Gasteiger partial charge in [0.15, 0.2) is 4.90 Å². The molecule has 0 saturated heterocycles. The molecule has 2 aromatic heterocycles. The number of aryl methyl sites for hydroxylation is 1. The molecular weight excluding hydrogens is 302 g/mol. The summed E-state index contributed by atoms with van der Waals surface area (Å²) in [5.41, 5.74) is 4.49. The molecule has 3 heterocycles. The highest BCUT2D eigenvalue weighted by molar-refractivity contribution is 7.18. The number of para-hydroxylation sites is 1. The van der Waals surface area contributed by atoms with Crippen LogP contribution in [-0.4, -0.2) is 0 Å². The summed E-state index contributed by atoms with van der Waals surface area (Å²) in [7, 11) is 0. The molecule has 1 aliphatic heterocycles. The molecule has 0 bridgehead atoms. The Bertz CT molecular complexity index is 884. The highest BCUT2D eigenvalue weighted by atomic mass is 32.1. The summed E-state index contributed by atoms with van der Waals surface area (Å²) in [6.45, 7) is 4.61. The highest BCUT2D eigenvalue weighted by Gasteiger charge is 2.52. The van der Waals surface area contributed by atoms with E-state index in [2.05, 4.69) is 49.1 Å². The van der Waals surface area contributed by atoms with Crippen LogP contribution in [0.15, 0.2) is 41.0 Å². The average molecular weight is 323 g/mol. The lowest BCUT2D eigenvalue weighted by molar-refractivity contribution is 0.421. The van der Waals surface area contributed by atoms with E-state index in [1.807, 2.05) is 17.6 Å². The maximum absolute atomic E-state index is 5.73. The molecule has 3 aromatic rings. The van der Waals surface area contributed by atoms with E-state index < -0.39 is 0 Å². The molecule has 23 heavy (non-hydrogen) atoms. The fourth-order valence-electron chi connectivity index (χ4n) is 4.91. The second-order valence-electron chi connectivity index (χ2n) is 7.04. The van der Waals surface area contributed by atoms with Crippen molar-refractivity contribution in [3.05, 3.63) is 52.6 Å². The largest absolute Gasteiger partial charge is 0.454 e. The lowest BCUT2D eigenvalue weighted by Gasteiger charge is -2.41. The minimum absolute atomic E-state index is 0.188. The number of benzene rings is 1. The van der Waals surface area contributed by atoms with Gasteiger partial charge in [-0.2, -0.15) is 0 Å². The molecule has 1 aromatic carbocycles. The second-order valence-corrected chi connectivity index (χ2v) is 8.02. The molecule has 1 unspecified atom stereocenters. The first kappa shape index (κ1) is 13.7. The van der Waals surface area contributed by atoms with Crippen molar-refractivity contribution in [3.63, 3.8) is 0 Å². The molecular formula is C20H21NOS.